The van der Waals surface area contributed by atoms with Gasteiger partial charge in [0.1, 0.15) is 5.75 Å². The number of anilines is 2. The lowest BCUT2D eigenvalue weighted by atomic mass is 10.2. The van der Waals surface area contributed by atoms with Crippen molar-refractivity contribution in [3.05, 3.63) is 76.8 Å². The molecule has 0 aliphatic carbocycles. The number of benzene rings is 3. The average Bonchev–Trinajstić information content (AvgIpc) is 2.58. The summed E-state index contributed by atoms with van der Waals surface area (Å²) < 4.78 is 0.894. The number of carbonyl (C=O) groups excluding carboxylic acids is 1. The van der Waals surface area contributed by atoms with E-state index in [1.807, 2.05) is 42.5 Å². The van der Waals surface area contributed by atoms with Crippen LogP contribution in [0.15, 0.2) is 81.0 Å². The zero-order chi connectivity index (χ0) is 17.8. The summed E-state index contributed by atoms with van der Waals surface area (Å²) in [7, 11) is 0. The van der Waals surface area contributed by atoms with Gasteiger partial charge in [-0.25, -0.2) is 0 Å². The number of carbonyl (C=O) groups is 1. The average molecular weight is 415 g/mol. The van der Waals surface area contributed by atoms with Crippen molar-refractivity contribution in [2.75, 3.05) is 11.1 Å². The van der Waals surface area contributed by atoms with Crippen LogP contribution < -0.4 is 11.1 Å². The molecule has 0 heterocycles. The van der Waals surface area contributed by atoms with E-state index in [2.05, 4.69) is 21.2 Å². The van der Waals surface area contributed by atoms with Crippen LogP contribution in [0.2, 0.25) is 0 Å². The zero-order valence-electron chi connectivity index (χ0n) is 13.1. The van der Waals surface area contributed by atoms with E-state index < -0.39 is 0 Å². The molecule has 0 fully saturated rings. The van der Waals surface area contributed by atoms with E-state index in [9.17, 15) is 9.90 Å². The highest BCUT2D eigenvalue weighted by Crippen LogP contribution is 2.33. The topological polar surface area (TPSA) is 75.4 Å². The molecule has 4 N–H and O–H groups in total. The minimum Gasteiger partial charge on any atom is -0.508 e. The second-order valence-corrected chi connectivity index (χ2v) is 7.34. The molecule has 0 aromatic heterocycles. The van der Waals surface area contributed by atoms with Gasteiger partial charge in [-0.1, -0.05) is 33.8 Å². The number of nitrogens with two attached hydrogens (primary N) is 1. The maximum Gasteiger partial charge on any atom is 0.255 e. The summed E-state index contributed by atoms with van der Waals surface area (Å²) in [6.07, 6.45) is 0. The Morgan fingerprint density at radius 3 is 2.48 bits per heavy atom. The van der Waals surface area contributed by atoms with Gasteiger partial charge >= 0.3 is 0 Å². The molecule has 126 valence electrons. The first-order valence-electron chi connectivity index (χ1n) is 7.44. The number of nitrogens with one attached hydrogen (secondary N) is 1. The molecule has 0 spiro atoms. The van der Waals surface area contributed by atoms with Gasteiger partial charge in [0.15, 0.2) is 0 Å². The van der Waals surface area contributed by atoms with Gasteiger partial charge in [0.05, 0.1) is 0 Å². The molecule has 0 saturated heterocycles. The summed E-state index contributed by atoms with van der Waals surface area (Å²) in [6.45, 7) is 0. The fourth-order valence-electron chi connectivity index (χ4n) is 2.19. The lowest BCUT2D eigenvalue weighted by molar-refractivity contribution is 0.102. The normalized spacial score (nSPS) is 10.4. The van der Waals surface area contributed by atoms with Gasteiger partial charge in [0.25, 0.3) is 5.91 Å². The van der Waals surface area contributed by atoms with E-state index in [0.29, 0.717) is 16.9 Å². The monoisotopic (exact) mass is 414 g/mol. The van der Waals surface area contributed by atoms with Crippen molar-refractivity contribution in [3.8, 4) is 5.75 Å². The van der Waals surface area contributed by atoms with E-state index in [-0.39, 0.29) is 11.7 Å². The highest BCUT2D eigenvalue weighted by atomic mass is 79.9. The van der Waals surface area contributed by atoms with Crippen LogP contribution >= 0.6 is 27.7 Å². The summed E-state index contributed by atoms with van der Waals surface area (Å²) in [5.41, 5.74) is 7.83. The fourth-order valence-corrected chi connectivity index (χ4v) is 3.43. The van der Waals surface area contributed by atoms with Crippen LogP contribution in [-0.4, -0.2) is 11.0 Å². The number of hydrogen-bond donors (Lipinski definition) is 3. The molecular formula is C19H15BrN2O2S. The number of halogens is 1. The molecule has 25 heavy (non-hydrogen) atoms. The minimum absolute atomic E-state index is 0.217. The Bertz CT molecular complexity index is 914. The highest BCUT2D eigenvalue weighted by molar-refractivity contribution is 9.10. The third-order valence-electron chi connectivity index (χ3n) is 3.42. The molecule has 0 radical (unpaired) electrons. The molecule has 0 atom stereocenters. The molecule has 4 nitrogen and oxygen atoms in total. The predicted octanol–water partition coefficient (Wildman–Crippen LogP) is 5.14. The Kier molecular flexibility index (Phi) is 5.31. The van der Waals surface area contributed by atoms with Crippen LogP contribution in [0, 0.1) is 0 Å². The van der Waals surface area contributed by atoms with E-state index in [1.165, 1.54) is 11.8 Å². The van der Waals surface area contributed by atoms with Crippen LogP contribution in [0.4, 0.5) is 11.4 Å². The highest BCUT2D eigenvalue weighted by Gasteiger charge is 2.10. The van der Waals surface area contributed by atoms with Crippen LogP contribution in [0.5, 0.6) is 5.75 Å². The van der Waals surface area contributed by atoms with E-state index in [0.717, 1.165) is 14.3 Å². The fraction of sp³-hybridized carbons (Fsp3) is 0. The first-order chi connectivity index (χ1) is 12.0. The molecule has 3 aromatic rings. The summed E-state index contributed by atoms with van der Waals surface area (Å²) >= 11 is 4.85. The molecule has 0 aliphatic heterocycles. The van der Waals surface area contributed by atoms with Crippen molar-refractivity contribution in [3.63, 3.8) is 0 Å². The van der Waals surface area contributed by atoms with Crippen molar-refractivity contribution in [1.29, 1.82) is 0 Å². The number of aromatic hydroxyl groups is 1. The maximum absolute atomic E-state index is 12.4. The van der Waals surface area contributed by atoms with Gasteiger partial charge in [0, 0.05) is 31.2 Å². The molecule has 0 unspecified atom stereocenters. The third-order valence-corrected chi connectivity index (χ3v) is 5.01. The van der Waals surface area contributed by atoms with Crippen LogP contribution in [0.25, 0.3) is 0 Å². The van der Waals surface area contributed by atoms with Crippen molar-refractivity contribution < 1.29 is 9.90 Å². The standard InChI is InChI=1S/C19H15BrN2O2S/c20-13-2-1-3-14(11-13)22-19(24)12-4-9-18(17(21)10-12)25-16-7-5-15(23)6-8-16/h1-11,23H,21H2,(H,22,24). The second-order valence-electron chi connectivity index (χ2n) is 5.31. The van der Waals surface area contributed by atoms with Crippen LogP contribution in [0.1, 0.15) is 10.4 Å². The van der Waals surface area contributed by atoms with Crippen LogP contribution in [0.3, 0.4) is 0 Å². The second kappa shape index (κ2) is 7.63. The maximum atomic E-state index is 12.4. The van der Waals surface area contributed by atoms with Gasteiger partial charge in [-0.05, 0) is 60.7 Å². The number of phenolic OH excluding ortho intramolecular Hbond substituents is 1. The van der Waals surface area contributed by atoms with Crippen molar-refractivity contribution in [1.82, 2.24) is 0 Å². The third kappa shape index (κ3) is 4.55. The SMILES string of the molecule is Nc1cc(C(=O)Nc2cccc(Br)c2)ccc1Sc1ccc(O)cc1. The Morgan fingerprint density at radius 2 is 1.80 bits per heavy atom. The van der Waals surface area contributed by atoms with Crippen molar-refractivity contribution in [2.24, 2.45) is 0 Å². The largest absolute Gasteiger partial charge is 0.508 e. The summed E-state index contributed by atoms with van der Waals surface area (Å²) in [5.74, 6) is 0.00266. The molecule has 6 heteroatoms. The van der Waals surface area contributed by atoms with Gasteiger partial charge in [-0.15, -0.1) is 0 Å². The Balaban J connectivity index is 1.74. The summed E-state index contributed by atoms with van der Waals surface area (Å²) in [4.78, 5) is 14.2. The molecule has 3 aromatic carbocycles. The lowest BCUT2D eigenvalue weighted by Crippen LogP contribution is -2.12. The molecule has 0 aliphatic rings. The lowest BCUT2D eigenvalue weighted by Gasteiger charge is -2.09. The summed E-state index contributed by atoms with van der Waals surface area (Å²) in [5, 5.41) is 12.2. The Morgan fingerprint density at radius 1 is 1.04 bits per heavy atom. The van der Waals surface area contributed by atoms with E-state index in [1.54, 1.807) is 24.3 Å². The quantitative estimate of drug-likeness (QED) is 0.516. The summed E-state index contributed by atoms with van der Waals surface area (Å²) in [6, 6.07) is 19.5. The number of nitrogen functional groups attached to an aromatic ring is 1. The molecule has 1 amide bonds. The molecule has 0 bridgehead atoms. The smallest absolute Gasteiger partial charge is 0.255 e. The Hall–Kier alpha value is -2.44. The zero-order valence-corrected chi connectivity index (χ0v) is 15.5. The molecular weight excluding hydrogens is 400 g/mol. The number of amides is 1. The van der Waals surface area contributed by atoms with Gasteiger partial charge in [-0.2, -0.15) is 0 Å². The number of hydrogen-bond acceptors (Lipinski definition) is 4. The van der Waals surface area contributed by atoms with Gasteiger partial charge < -0.3 is 16.2 Å². The molecule has 3 rings (SSSR count). The van der Waals surface area contributed by atoms with Crippen molar-refractivity contribution in [2.45, 2.75) is 9.79 Å². The predicted molar refractivity (Wildman–Crippen MR) is 105 cm³/mol. The minimum atomic E-state index is -0.217. The van der Waals surface area contributed by atoms with E-state index >= 15 is 0 Å². The Labute approximate surface area is 158 Å². The van der Waals surface area contributed by atoms with E-state index in [4.69, 9.17) is 5.73 Å². The number of rotatable bonds is 4. The van der Waals surface area contributed by atoms with Crippen LogP contribution in [-0.2, 0) is 0 Å². The number of phenols is 1. The first kappa shape index (κ1) is 17.4. The van der Waals surface area contributed by atoms with Gasteiger partial charge in [0.2, 0.25) is 0 Å². The van der Waals surface area contributed by atoms with Crippen molar-refractivity contribution >= 4 is 45.0 Å². The first-order valence-corrected chi connectivity index (χ1v) is 9.05. The van der Waals surface area contributed by atoms with Gasteiger partial charge in [-0.3, -0.25) is 4.79 Å². The molecule has 0 saturated carbocycles.